The van der Waals surface area contributed by atoms with Gasteiger partial charge in [0.15, 0.2) is 0 Å². The number of benzene rings is 1. The Labute approximate surface area is 91.3 Å². The molecule has 0 aliphatic heterocycles. The Morgan fingerprint density at radius 3 is 2.64 bits per heavy atom. The Hall–Kier alpha value is -0.530. The molecule has 1 atom stereocenters. The highest BCUT2D eigenvalue weighted by molar-refractivity contribution is 6.30. The van der Waals surface area contributed by atoms with Crippen LogP contribution in [0.4, 0.5) is 0 Å². The van der Waals surface area contributed by atoms with Crippen LogP contribution >= 0.6 is 11.6 Å². The fourth-order valence-electron chi connectivity index (χ4n) is 1.66. The lowest BCUT2D eigenvalue weighted by molar-refractivity contribution is 0.493. The molecule has 0 amide bonds. The molecule has 0 aliphatic carbocycles. The fraction of sp³-hybridized carbons (Fsp3) is 0.500. The molecule has 0 radical (unpaired) electrons. The zero-order chi connectivity index (χ0) is 10.6. The van der Waals surface area contributed by atoms with Crippen LogP contribution in [0.5, 0.6) is 0 Å². The summed E-state index contributed by atoms with van der Waals surface area (Å²) >= 11 is 5.89. The second-order valence-corrected chi connectivity index (χ2v) is 4.66. The number of rotatable bonds is 4. The molecule has 0 bridgehead atoms. The van der Waals surface area contributed by atoms with Gasteiger partial charge in [0.1, 0.15) is 0 Å². The minimum absolute atomic E-state index is 0.244. The van der Waals surface area contributed by atoms with Crippen molar-refractivity contribution in [3.63, 3.8) is 0 Å². The second kappa shape index (κ2) is 5.38. The molecule has 14 heavy (non-hydrogen) atoms. The second-order valence-electron chi connectivity index (χ2n) is 4.22. The first-order valence-corrected chi connectivity index (χ1v) is 5.45. The minimum atomic E-state index is 0.244. The summed E-state index contributed by atoms with van der Waals surface area (Å²) in [5.41, 5.74) is 7.24. The monoisotopic (exact) mass is 211 g/mol. The molecule has 0 fully saturated rings. The molecule has 0 spiro atoms. The van der Waals surface area contributed by atoms with Crippen LogP contribution in [0.25, 0.3) is 0 Å². The van der Waals surface area contributed by atoms with Gasteiger partial charge in [0.05, 0.1) is 0 Å². The molecular weight excluding hydrogens is 194 g/mol. The van der Waals surface area contributed by atoms with Gasteiger partial charge in [0, 0.05) is 11.1 Å². The highest BCUT2D eigenvalue weighted by Gasteiger charge is 2.06. The number of nitrogens with two attached hydrogens (primary N) is 1. The van der Waals surface area contributed by atoms with E-state index in [2.05, 4.69) is 19.9 Å². The van der Waals surface area contributed by atoms with Crippen LogP contribution in [-0.4, -0.2) is 6.04 Å². The average molecular weight is 212 g/mol. The van der Waals surface area contributed by atoms with Crippen molar-refractivity contribution >= 4 is 11.6 Å². The predicted molar refractivity (Wildman–Crippen MR) is 62.6 cm³/mol. The van der Waals surface area contributed by atoms with E-state index < -0.39 is 0 Å². The molecule has 0 saturated heterocycles. The van der Waals surface area contributed by atoms with Crippen LogP contribution in [0.2, 0.25) is 5.02 Å². The van der Waals surface area contributed by atoms with Crippen LogP contribution in [0.1, 0.15) is 25.8 Å². The molecule has 1 rings (SSSR count). The van der Waals surface area contributed by atoms with Crippen molar-refractivity contribution in [3.8, 4) is 0 Å². The molecule has 78 valence electrons. The molecule has 0 aromatic heterocycles. The maximum atomic E-state index is 6.01. The first-order chi connectivity index (χ1) is 6.58. The van der Waals surface area contributed by atoms with Gasteiger partial charge in [-0.3, -0.25) is 0 Å². The predicted octanol–water partition coefficient (Wildman–Crippen LogP) is 3.26. The van der Waals surface area contributed by atoms with Crippen LogP contribution in [-0.2, 0) is 6.42 Å². The Morgan fingerprint density at radius 1 is 1.36 bits per heavy atom. The van der Waals surface area contributed by atoms with E-state index in [9.17, 15) is 0 Å². The standard InChI is InChI=1S/C12H18ClN/c1-9(2)6-12(14)8-10-4-3-5-11(13)7-10/h3-5,7,9,12H,6,8,14H2,1-2H3. The van der Waals surface area contributed by atoms with Crippen LogP contribution in [0.3, 0.4) is 0 Å². The summed E-state index contributed by atoms with van der Waals surface area (Å²) < 4.78 is 0. The summed E-state index contributed by atoms with van der Waals surface area (Å²) in [5.74, 6) is 0.657. The van der Waals surface area contributed by atoms with Gasteiger partial charge in [0.25, 0.3) is 0 Å². The first-order valence-electron chi connectivity index (χ1n) is 5.08. The molecule has 1 aromatic carbocycles. The Kier molecular flexibility index (Phi) is 4.43. The zero-order valence-electron chi connectivity index (χ0n) is 8.83. The summed E-state index contributed by atoms with van der Waals surface area (Å²) in [5, 5.41) is 0.791. The first kappa shape index (κ1) is 11.5. The highest BCUT2D eigenvalue weighted by atomic mass is 35.5. The summed E-state index contributed by atoms with van der Waals surface area (Å²) in [6.07, 6.45) is 1.98. The van der Waals surface area contributed by atoms with Gasteiger partial charge in [0.2, 0.25) is 0 Å². The van der Waals surface area contributed by atoms with E-state index in [4.69, 9.17) is 17.3 Å². The Balaban J connectivity index is 2.51. The topological polar surface area (TPSA) is 26.0 Å². The van der Waals surface area contributed by atoms with Crippen LogP contribution in [0, 0.1) is 5.92 Å². The smallest absolute Gasteiger partial charge is 0.0408 e. The Bertz CT molecular complexity index is 283. The number of halogens is 1. The van der Waals surface area contributed by atoms with E-state index in [1.54, 1.807) is 0 Å². The lowest BCUT2D eigenvalue weighted by atomic mass is 9.98. The SMILES string of the molecule is CC(C)CC(N)Cc1cccc(Cl)c1. The van der Waals surface area contributed by atoms with E-state index in [0.29, 0.717) is 5.92 Å². The van der Waals surface area contributed by atoms with Gasteiger partial charge in [-0.2, -0.15) is 0 Å². The molecule has 0 aliphatic rings. The fourth-order valence-corrected chi connectivity index (χ4v) is 1.87. The van der Waals surface area contributed by atoms with E-state index in [0.717, 1.165) is 17.9 Å². The molecule has 1 unspecified atom stereocenters. The van der Waals surface area contributed by atoms with E-state index in [1.165, 1.54) is 5.56 Å². The van der Waals surface area contributed by atoms with Gasteiger partial charge < -0.3 is 5.73 Å². The third-order valence-corrected chi connectivity index (χ3v) is 2.40. The van der Waals surface area contributed by atoms with E-state index in [-0.39, 0.29) is 6.04 Å². The largest absolute Gasteiger partial charge is 0.327 e. The number of hydrogen-bond acceptors (Lipinski definition) is 1. The van der Waals surface area contributed by atoms with Crippen molar-refractivity contribution in [1.82, 2.24) is 0 Å². The lowest BCUT2D eigenvalue weighted by Gasteiger charge is -2.13. The quantitative estimate of drug-likeness (QED) is 0.813. The van der Waals surface area contributed by atoms with Gasteiger partial charge in [-0.15, -0.1) is 0 Å². The maximum absolute atomic E-state index is 6.01. The molecular formula is C12H18ClN. The molecule has 0 heterocycles. The van der Waals surface area contributed by atoms with Crippen molar-refractivity contribution in [2.45, 2.75) is 32.7 Å². The summed E-state index contributed by atoms with van der Waals surface area (Å²) in [4.78, 5) is 0. The highest BCUT2D eigenvalue weighted by Crippen LogP contribution is 2.14. The van der Waals surface area contributed by atoms with Crippen LogP contribution in [0.15, 0.2) is 24.3 Å². The van der Waals surface area contributed by atoms with Gasteiger partial charge in [-0.25, -0.2) is 0 Å². The summed E-state index contributed by atoms with van der Waals surface area (Å²) in [7, 11) is 0. The van der Waals surface area contributed by atoms with Gasteiger partial charge >= 0.3 is 0 Å². The summed E-state index contributed by atoms with van der Waals surface area (Å²) in [6.45, 7) is 4.38. The maximum Gasteiger partial charge on any atom is 0.0408 e. The van der Waals surface area contributed by atoms with Crippen molar-refractivity contribution in [2.24, 2.45) is 11.7 Å². The average Bonchev–Trinajstić information content (AvgIpc) is 2.01. The molecule has 1 aromatic rings. The van der Waals surface area contributed by atoms with Crippen molar-refractivity contribution in [3.05, 3.63) is 34.9 Å². The third-order valence-electron chi connectivity index (χ3n) is 2.16. The zero-order valence-corrected chi connectivity index (χ0v) is 9.59. The van der Waals surface area contributed by atoms with Crippen LogP contribution < -0.4 is 5.73 Å². The molecule has 2 heteroatoms. The van der Waals surface area contributed by atoms with Crippen molar-refractivity contribution in [1.29, 1.82) is 0 Å². The normalized spacial score (nSPS) is 13.2. The van der Waals surface area contributed by atoms with Crippen molar-refractivity contribution in [2.75, 3.05) is 0 Å². The molecule has 1 nitrogen and oxygen atoms in total. The summed E-state index contributed by atoms with van der Waals surface area (Å²) in [6, 6.07) is 8.17. The van der Waals surface area contributed by atoms with E-state index in [1.807, 2.05) is 18.2 Å². The third kappa shape index (κ3) is 4.12. The Morgan fingerprint density at radius 2 is 2.07 bits per heavy atom. The van der Waals surface area contributed by atoms with Crippen molar-refractivity contribution < 1.29 is 0 Å². The molecule has 2 N–H and O–H groups in total. The lowest BCUT2D eigenvalue weighted by Crippen LogP contribution is -2.24. The van der Waals surface area contributed by atoms with Gasteiger partial charge in [-0.1, -0.05) is 37.6 Å². The molecule has 0 saturated carbocycles. The minimum Gasteiger partial charge on any atom is -0.327 e. The van der Waals surface area contributed by atoms with Gasteiger partial charge in [-0.05, 0) is 36.5 Å². The van der Waals surface area contributed by atoms with E-state index >= 15 is 0 Å². The number of hydrogen-bond donors (Lipinski definition) is 1.